The number of aromatic nitrogens is 2. The summed E-state index contributed by atoms with van der Waals surface area (Å²) in [5.74, 6) is -1.37. The second-order valence-electron chi connectivity index (χ2n) is 3.90. The third kappa shape index (κ3) is 4.10. The van der Waals surface area contributed by atoms with Gasteiger partial charge in [-0.05, 0) is 31.2 Å². The first-order valence-electron chi connectivity index (χ1n) is 6.08. The lowest BCUT2D eigenvalue weighted by Gasteiger charge is -2.07. The minimum atomic E-state index is -0.964. The highest BCUT2D eigenvalue weighted by molar-refractivity contribution is 5.83. The van der Waals surface area contributed by atoms with E-state index in [1.807, 2.05) is 0 Å². The summed E-state index contributed by atoms with van der Waals surface area (Å²) in [7, 11) is 0. The lowest BCUT2D eigenvalue weighted by molar-refractivity contribution is 0.168. The van der Waals surface area contributed by atoms with Gasteiger partial charge < -0.3 is 10.1 Å². The fraction of sp³-hybridized carbons (Fsp3) is 0.154. The fourth-order valence-corrected chi connectivity index (χ4v) is 1.46. The summed E-state index contributed by atoms with van der Waals surface area (Å²) in [5, 5.41) is 12.7. The minimum absolute atomic E-state index is 0.212. The van der Waals surface area contributed by atoms with Crippen molar-refractivity contribution < 1.29 is 18.3 Å². The molecule has 6 nitrogen and oxygen atoms in total. The molecule has 0 unspecified atom stereocenters. The minimum Gasteiger partial charge on any atom is -0.450 e. The number of nitrogens with zero attached hydrogens (tertiary/aromatic N) is 2. The normalized spacial score (nSPS) is 10.0. The highest BCUT2D eigenvalue weighted by atomic mass is 19.2. The molecule has 0 spiro atoms. The zero-order chi connectivity index (χ0) is 15.2. The highest BCUT2D eigenvalue weighted by Crippen LogP contribution is 2.17. The van der Waals surface area contributed by atoms with Crippen LogP contribution in [0.4, 0.5) is 30.9 Å². The predicted octanol–water partition coefficient (Wildman–Crippen LogP) is 3.07. The summed E-state index contributed by atoms with van der Waals surface area (Å²) in [6.45, 7) is 1.93. The third-order valence-corrected chi connectivity index (χ3v) is 2.36. The van der Waals surface area contributed by atoms with Gasteiger partial charge in [-0.1, -0.05) is 0 Å². The Labute approximate surface area is 119 Å². The molecule has 0 saturated heterocycles. The molecule has 0 radical (unpaired) electrons. The number of rotatable bonds is 4. The molecule has 2 rings (SSSR count). The van der Waals surface area contributed by atoms with E-state index in [1.165, 1.54) is 18.2 Å². The Kier molecular flexibility index (Phi) is 4.60. The molecule has 0 fully saturated rings. The largest absolute Gasteiger partial charge is 0.450 e. The number of nitrogens with one attached hydrogen (secondary N) is 2. The number of benzene rings is 1. The van der Waals surface area contributed by atoms with Crippen LogP contribution >= 0.6 is 0 Å². The number of ether oxygens (including phenoxy) is 1. The zero-order valence-corrected chi connectivity index (χ0v) is 11.1. The van der Waals surface area contributed by atoms with Crippen LogP contribution in [0, 0.1) is 11.6 Å². The molecule has 2 aromatic rings. The first-order chi connectivity index (χ1) is 10.1. The van der Waals surface area contributed by atoms with Gasteiger partial charge >= 0.3 is 6.09 Å². The molecule has 21 heavy (non-hydrogen) atoms. The van der Waals surface area contributed by atoms with Crippen molar-refractivity contribution in [3.05, 3.63) is 42.0 Å². The van der Waals surface area contributed by atoms with Crippen LogP contribution in [-0.2, 0) is 4.74 Å². The molecule has 110 valence electrons. The fourth-order valence-electron chi connectivity index (χ4n) is 1.46. The Balaban J connectivity index is 2.01. The summed E-state index contributed by atoms with van der Waals surface area (Å²) >= 11 is 0. The lowest BCUT2D eigenvalue weighted by atomic mass is 10.3. The summed E-state index contributed by atoms with van der Waals surface area (Å²) in [5.41, 5.74) is 0.328. The summed E-state index contributed by atoms with van der Waals surface area (Å²) in [4.78, 5) is 11.2. The first-order valence-corrected chi connectivity index (χ1v) is 6.08. The van der Waals surface area contributed by atoms with Crippen molar-refractivity contribution >= 4 is 23.4 Å². The van der Waals surface area contributed by atoms with Crippen LogP contribution in [0.3, 0.4) is 0 Å². The van der Waals surface area contributed by atoms with Gasteiger partial charge in [0.1, 0.15) is 0 Å². The number of hydrogen-bond acceptors (Lipinski definition) is 5. The van der Waals surface area contributed by atoms with Crippen LogP contribution < -0.4 is 10.6 Å². The molecule has 0 aliphatic heterocycles. The first kappa shape index (κ1) is 14.6. The van der Waals surface area contributed by atoms with Gasteiger partial charge in [0.05, 0.1) is 6.61 Å². The van der Waals surface area contributed by atoms with E-state index in [1.54, 1.807) is 6.92 Å². The van der Waals surface area contributed by atoms with Crippen molar-refractivity contribution in [2.75, 3.05) is 17.2 Å². The van der Waals surface area contributed by atoms with Crippen molar-refractivity contribution in [1.82, 2.24) is 10.2 Å². The van der Waals surface area contributed by atoms with Crippen molar-refractivity contribution in [3.63, 3.8) is 0 Å². The summed E-state index contributed by atoms with van der Waals surface area (Å²) < 4.78 is 30.5. The number of anilines is 3. The molecule has 0 saturated carbocycles. The topological polar surface area (TPSA) is 76.1 Å². The van der Waals surface area contributed by atoms with Gasteiger partial charge in [0.15, 0.2) is 23.3 Å². The zero-order valence-electron chi connectivity index (χ0n) is 11.1. The number of halogens is 2. The number of carbonyl (C=O) groups is 1. The molecule has 0 atom stereocenters. The molecule has 1 amide bonds. The van der Waals surface area contributed by atoms with Crippen LogP contribution in [0.25, 0.3) is 0 Å². The molecular formula is C13H12F2N4O2. The molecule has 1 aromatic carbocycles. The summed E-state index contributed by atoms with van der Waals surface area (Å²) in [6, 6.07) is 6.39. The maximum Gasteiger partial charge on any atom is 0.412 e. The Hall–Kier alpha value is -2.77. The molecule has 0 aliphatic rings. The van der Waals surface area contributed by atoms with Crippen molar-refractivity contribution in [1.29, 1.82) is 0 Å². The predicted molar refractivity (Wildman–Crippen MR) is 72.3 cm³/mol. The van der Waals surface area contributed by atoms with E-state index in [9.17, 15) is 13.6 Å². The van der Waals surface area contributed by atoms with E-state index >= 15 is 0 Å². The quantitative estimate of drug-likeness (QED) is 0.906. The molecule has 0 bridgehead atoms. The van der Waals surface area contributed by atoms with E-state index in [-0.39, 0.29) is 12.4 Å². The van der Waals surface area contributed by atoms with E-state index in [4.69, 9.17) is 0 Å². The maximum atomic E-state index is 13.0. The highest BCUT2D eigenvalue weighted by Gasteiger charge is 2.06. The molecular weight excluding hydrogens is 282 g/mol. The average molecular weight is 294 g/mol. The van der Waals surface area contributed by atoms with Gasteiger partial charge in [0.25, 0.3) is 0 Å². The Bertz CT molecular complexity index is 635. The van der Waals surface area contributed by atoms with Crippen molar-refractivity contribution in [2.24, 2.45) is 0 Å². The van der Waals surface area contributed by atoms with Crippen LogP contribution in [0.5, 0.6) is 0 Å². The van der Waals surface area contributed by atoms with E-state index < -0.39 is 17.7 Å². The van der Waals surface area contributed by atoms with Gasteiger partial charge in [-0.3, -0.25) is 5.32 Å². The van der Waals surface area contributed by atoms with Crippen LogP contribution in [0.1, 0.15) is 6.92 Å². The second-order valence-corrected chi connectivity index (χ2v) is 3.90. The van der Waals surface area contributed by atoms with Gasteiger partial charge in [-0.2, -0.15) is 0 Å². The Morgan fingerprint density at radius 2 is 1.86 bits per heavy atom. The third-order valence-electron chi connectivity index (χ3n) is 2.36. The van der Waals surface area contributed by atoms with Crippen LogP contribution in [0.15, 0.2) is 30.3 Å². The average Bonchev–Trinajstić information content (AvgIpc) is 2.45. The van der Waals surface area contributed by atoms with E-state index in [0.717, 1.165) is 12.1 Å². The molecule has 1 heterocycles. The van der Waals surface area contributed by atoms with Gasteiger partial charge in [0, 0.05) is 11.8 Å². The smallest absolute Gasteiger partial charge is 0.412 e. The monoisotopic (exact) mass is 294 g/mol. The van der Waals surface area contributed by atoms with Gasteiger partial charge in [0.2, 0.25) is 0 Å². The van der Waals surface area contributed by atoms with Gasteiger partial charge in [-0.25, -0.2) is 13.6 Å². The lowest BCUT2D eigenvalue weighted by Crippen LogP contribution is -2.14. The van der Waals surface area contributed by atoms with Crippen LogP contribution in [-0.4, -0.2) is 22.9 Å². The standard InChI is InChI=1S/C13H12F2N4O2/c1-2-21-13(20)17-12-6-5-11(18-19-12)16-8-3-4-9(14)10(15)7-8/h3-7H,2H2,1H3,(H,16,18)(H,17,19,20). The Morgan fingerprint density at radius 3 is 2.48 bits per heavy atom. The number of hydrogen-bond donors (Lipinski definition) is 2. The molecule has 0 aliphatic carbocycles. The maximum absolute atomic E-state index is 13.0. The van der Waals surface area contributed by atoms with Crippen LogP contribution in [0.2, 0.25) is 0 Å². The van der Waals surface area contributed by atoms with Gasteiger partial charge in [-0.15, -0.1) is 10.2 Å². The second kappa shape index (κ2) is 6.60. The molecule has 1 aromatic heterocycles. The Morgan fingerprint density at radius 1 is 1.14 bits per heavy atom. The van der Waals surface area contributed by atoms with Crippen molar-refractivity contribution in [2.45, 2.75) is 6.92 Å². The summed E-state index contributed by atoms with van der Waals surface area (Å²) in [6.07, 6.45) is -0.631. The molecule has 2 N–H and O–H groups in total. The number of carbonyl (C=O) groups excluding carboxylic acids is 1. The number of amides is 1. The SMILES string of the molecule is CCOC(=O)Nc1ccc(Nc2ccc(F)c(F)c2)nn1. The van der Waals surface area contributed by atoms with E-state index in [2.05, 4.69) is 25.6 Å². The van der Waals surface area contributed by atoms with Crippen molar-refractivity contribution in [3.8, 4) is 0 Å². The molecule has 8 heteroatoms. The van der Waals surface area contributed by atoms with E-state index in [0.29, 0.717) is 11.5 Å².